The van der Waals surface area contributed by atoms with Crippen LogP contribution in [0.2, 0.25) is 0 Å². The summed E-state index contributed by atoms with van der Waals surface area (Å²) >= 11 is 0. The molecule has 0 saturated carbocycles. The summed E-state index contributed by atoms with van der Waals surface area (Å²) in [6.45, 7) is 8.96. The summed E-state index contributed by atoms with van der Waals surface area (Å²) in [4.78, 5) is 11.3. The van der Waals surface area contributed by atoms with Gasteiger partial charge in [-0.1, -0.05) is 26.0 Å². The van der Waals surface area contributed by atoms with Crippen molar-refractivity contribution in [1.82, 2.24) is 9.97 Å². The van der Waals surface area contributed by atoms with Gasteiger partial charge in [-0.3, -0.25) is 0 Å². The molecule has 1 heterocycles. The van der Waals surface area contributed by atoms with Crippen molar-refractivity contribution in [3.63, 3.8) is 0 Å². The van der Waals surface area contributed by atoms with E-state index in [1.165, 1.54) is 0 Å². The molecule has 2 rings (SSSR count). The zero-order chi connectivity index (χ0) is 16.5. The van der Waals surface area contributed by atoms with Crippen LogP contribution < -0.4 is 15.0 Å². The average molecular weight is 314 g/mol. The standard InChI is InChI=1S/C18H26N4O/c1-4-13-22(14-5-2)17-11-12-19-18(21-17)20-15-9-7-8-10-16(15)23-6-3/h7-12H,4-6,13-14H2,1-3H3,(H,19,20,21). The molecule has 0 fully saturated rings. The predicted octanol–water partition coefficient (Wildman–Crippen LogP) is 4.25. The molecule has 1 aromatic carbocycles. The van der Waals surface area contributed by atoms with E-state index < -0.39 is 0 Å². The normalized spacial score (nSPS) is 10.4. The highest BCUT2D eigenvalue weighted by Gasteiger charge is 2.09. The van der Waals surface area contributed by atoms with Gasteiger partial charge in [-0.05, 0) is 38.0 Å². The Bertz CT molecular complexity index is 597. The zero-order valence-electron chi connectivity index (χ0n) is 14.2. The van der Waals surface area contributed by atoms with Crippen LogP contribution in [0.5, 0.6) is 5.75 Å². The van der Waals surface area contributed by atoms with Gasteiger partial charge in [0.2, 0.25) is 5.95 Å². The summed E-state index contributed by atoms with van der Waals surface area (Å²) in [6.07, 6.45) is 3.99. The molecule has 0 spiro atoms. The largest absolute Gasteiger partial charge is 0.492 e. The number of hydrogen-bond acceptors (Lipinski definition) is 5. The smallest absolute Gasteiger partial charge is 0.229 e. The van der Waals surface area contributed by atoms with Gasteiger partial charge in [-0.15, -0.1) is 0 Å². The van der Waals surface area contributed by atoms with E-state index in [2.05, 4.69) is 34.0 Å². The summed E-state index contributed by atoms with van der Waals surface area (Å²) in [5, 5.41) is 3.26. The van der Waals surface area contributed by atoms with Gasteiger partial charge in [0.05, 0.1) is 12.3 Å². The molecule has 0 atom stereocenters. The minimum Gasteiger partial charge on any atom is -0.492 e. The van der Waals surface area contributed by atoms with Crippen molar-refractivity contribution in [2.75, 3.05) is 29.9 Å². The van der Waals surface area contributed by atoms with Crippen molar-refractivity contribution in [2.45, 2.75) is 33.6 Å². The number of anilines is 3. The summed E-state index contributed by atoms with van der Waals surface area (Å²) in [5.74, 6) is 2.36. The van der Waals surface area contributed by atoms with Gasteiger partial charge in [0, 0.05) is 19.3 Å². The molecule has 5 heteroatoms. The first-order valence-electron chi connectivity index (χ1n) is 8.35. The molecule has 1 aromatic heterocycles. The van der Waals surface area contributed by atoms with E-state index in [1.807, 2.05) is 37.3 Å². The first kappa shape index (κ1) is 17.1. The molecule has 0 aliphatic rings. The fourth-order valence-electron chi connectivity index (χ4n) is 2.44. The molecule has 0 saturated heterocycles. The first-order chi connectivity index (χ1) is 11.3. The van der Waals surface area contributed by atoms with E-state index in [0.717, 1.165) is 43.2 Å². The Hall–Kier alpha value is -2.30. The Balaban J connectivity index is 2.19. The van der Waals surface area contributed by atoms with E-state index in [1.54, 1.807) is 6.20 Å². The van der Waals surface area contributed by atoms with Gasteiger partial charge in [0.25, 0.3) is 0 Å². The average Bonchev–Trinajstić information content (AvgIpc) is 2.57. The van der Waals surface area contributed by atoms with E-state index in [-0.39, 0.29) is 0 Å². The van der Waals surface area contributed by atoms with Crippen molar-refractivity contribution in [1.29, 1.82) is 0 Å². The van der Waals surface area contributed by atoms with E-state index >= 15 is 0 Å². The van der Waals surface area contributed by atoms with Gasteiger partial charge in [-0.25, -0.2) is 4.98 Å². The number of benzene rings is 1. The summed E-state index contributed by atoms with van der Waals surface area (Å²) < 4.78 is 5.64. The summed E-state index contributed by atoms with van der Waals surface area (Å²) in [6, 6.07) is 9.80. The number of rotatable bonds is 9. The van der Waals surface area contributed by atoms with Gasteiger partial charge in [0.15, 0.2) is 0 Å². The molecule has 0 aliphatic heterocycles. The minimum atomic E-state index is 0.590. The van der Waals surface area contributed by atoms with Gasteiger partial charge in [-0.2, -0.15) is 4.98 Å². The third kappa shape index (κ3) is 4.84. The topological polar surface area (TPSA) is 50.3 Å². The second kappa shape index (κ2) is 8.98. The number of para-hydroxylation sites is 2. The monoisotopic (exact) mass is 314 g/mol. The molecule has 1 N–H and O–H groups in total. The predicted molar refractivity (Wildman–Crippen MR) is 95.7 cm³/mol. The highest BCUT2D eigenvalue weighted by atomic mass is 16.5. The number of hydrogen-bond donors (Lipinski definition) is 1. The SMILES string of the molecule is CCCN(CCC)c1ccnc(Nc2ccccc2OCC)n1. The van der Waals surface area contributed by atoms with Crippen molar-refractivity contribution in [3.05, 3.63) is 36.5 Å². The summed E-state index contributed by atoms with van der Waals surface area (Å²) in [7, 11) is 0. The quantitative estimate of drug-likeness (QED) is 0.750. The Morgan fingerprint density at radius 1 is 1.04 bits per heavy atom. The maximum atomic E-state index is 5.64. The highest BCUT2D eigenvalue weighted by Crippen LogP contribution is 2.26. The van der Waals surface area contributed by atoms with Crippen LogP contribution in [0.15, 0.2) is 36.5 Å². The lowest BCUT2D eigenvalue weighted by Gasteiger charge is -2.22. The van der Waals surface area contributed by atoms with Crippen LogP contribution in [-0.2, 0) is 0 Å². The lowest BCUT2D eigenvalue weighted by Crippen LogP contribution is -2.26. The van der Waals surface area contributed by atoms with Crippen molar-refractivity contribution in [3.8, 4) is 5.75 Å². The van der Waals surface area contributed by atoms with Crippen LogP contribution in [0.3, 0.4) is 0 Å². The summed E-state index contributed by atoms with van der Waals surface area (Å²) in [5.41, 5.74) is 0.879. The van der Waals surface area contributed by atoms with Crippen LogP contribution in [-0.4, -0.2) is 29.7 Å². The van der Waals surface area contributed by atoms with Crippen molar-refractivity contribution in [2.24, 2.45) is 0 Å². The van der Waals surface area contributed by atoms with Crippen LogP contribution in [0.1, 0.15) is 33.6 Å². The Kier molecular flexibility index (Phi) is 6.66. The Labute approximate surface area is 138 Å². The number of nitrogens with zero attached hydrogens (tertiary/aromatic N) is 3. The second-order valence-corrected chi connectivity index (χ2v) is 5.28. The van der Waals surface area contributed by atoms with Crippen molar-refractivity contribution >= 4 is 17.5 Å². The van der Waals surface area contributed by atoms with Crippen molar-refractivity contribution < 1.29 is 4.74 Å². The molecule has 0 aliphatic carbocycles. The van der Waals surface area contributed by atoms with Gasteiger partial charge >= 0.3 is 0 Å². The molecular weight excluding hydrogens is 288 g/mol. The number of aromatic nitrogens is 2. The molecule has 5 nitrogen and oxygen atoms in total. The molecule has 0 unspecified atom stereocenters. The zero-order valence-corrected chi connectivity index (χ0v) is 14.2. The minimum absolute atomic E-state index is 0.590. The maximum Gasteiger partial charge on any atom is 0.229 e. The molecule has 2 aromatic rings. The second-order valence-electron chi connectivity index (χ2n) is 5.28. The molecule has 124 valence electrons. The van der Waals surface area contributed by atoms with Gasteiger partial charge in [0.1, 0.15) is 11.6 Å². The van der Waals surface area contributed by atoms with E-state index in [4.69, 9.17) is 4.74 Å². The van der Waals surface area contributed by atoms with Crippen LogP contribution in [0, 0.1) is 0 Å². The maximum absolute atomic E-state index is 5.64. The van der Waals surface area contributed by atoms with E-state index in [9.17, 15) is 0 Å². The number of ether oxygens (including phenoxy) is 1. The fourth-order valence-corrected chi connectivity index (χ4v) is 2.44. The first-order valence-corrected chi connectivity index (χ1v) is 8.35. The van der Waals surface area contributed by atoms with Crippen LogP contribution in [0.4, 0.5) is 17.5 Å². The van der Waals surface area contributed by atoms with E-state index in [0.29, 0.717) is 12.6 Å². The fraction of sp³-hybridized carbons (Fsp3) is 0.444. The third-order valence-electron chi connectivity index (χ3n) is 3.39. The van der Waals surface area contributed by atoms with Gasteiger partial charge < -0.3 is 15.0 Å². The highest BCUT2D eigenvalue weighted by molar-refractivity contribution is 5.63. The Morgan fingerprint density at radius 3 is 2.48 bits per heavy atom. The number of nitrogens with one attached hydrogen (secondary N) is 1. The van der Waals surface area contributed by atoms with Crippen LogP contribution >= 0.6 is 0 Å². The molecule has 23 heavy (non-hydrogen) atoms. The van der Waals surface area contributed by atoms with Crippen LogP contribution in [0.25, 0.3) is 0 Å². The molecular formula is C18H26N4O. The third-order valence-corrected chi connectivity index (χ3v) is 3.39. The lowest BCUT2D eigenvalue weighted by atomic mass is 10.3. The molecule has 0 amide bonds. The molecule has 0 bridgehead atoms. The lowest BCUT2D eigenvalue weighted by molar-refractivity contribution is 0.342. The molecule has 0 radical (unpaired) electrons. The Morgan fingerprint density at radius 2 is 1.78 bits per heavy atom.